The molecule has 2 aliphatic rings. The van der Waals surface area contributed by atoms with E-state index >= 15 is 0 Å². The molecule has 20 heavy (non-hydrogen) atoms. The second-order valence-corrected chi connectivity index (χ2v) is 6.49. The Labute approximate surface area is 120 Å². The monoisotopic (exact) mass is 280 g/mol. The minimum Gasteiger partial charge on any atom is -0.460 e. The van der Waals surface area contributed by atoms with Crippen molar-refractivity contribution in [3.63, 3.8) is 0 Å². The van der Waals surface area contributed by atoms with E-state index < -0.39 is 0 Å². The number of hydrogen-bond acceptors (Lipinski definition) is 4. The maximum atomic E-state index is 12.3. The molecule has 2 rings (SSSR count). The lowest BCUT2D eigenvalue weighted by atomic mass is 9.84. The van der Waals surface area contributed by atoms with Crippen LogP contribution in [-0.4, -0.2) is 24.1 Å². The maximum absolute atomic E-state index is 12.3. The second kappa shape index (κ2) is 5.58. The van der Waals surface area contributed by atoms with Gasteiger partial charge in [0.05, 0.1) is 23.4 Å². The lowest BCUT2D eigenvalue weighted by Gasteiger charge is -2.23. The summed E-state index contributed by atoms with van der Waals surface area (Å²) >= 11 is 0. The molecule has 3 atom stereocenters. The van der Waals surface area contributed by atoms with Crippen LogP contribution in [0.5, 0.6) is 0 Å². The molecule has 1 saturated carbocycles. The highest BCUT2D eigenvalue weighted by Crippen LogP contribution is 2.52. The van der Waals surface area contributed by atoms with E-state index in [-0.39, 0.29) is 36.0 Å². The molecule has 4 nitrogen and oxygen atoms in total. The van der Waals surface area contributed by atoms with Gasteiger partial charge in [-0.15, -0.1) is 0 Å². The molecule has 0 spiro atoms. The van der Waals surface area contributed by atoms with Gasteiger partial charge in [0.25, 0.3) is 0 Å². The Kier molecular flexibility index (Phi) is 4.21. The van der Waals surface area contributed by atoms with Gasteiger partial charge < -0.3 is 9.47 Å². The highest BCUT2D eigenvalue weighted by molar-refractivity contribution is 6.02. The quantitative estimate of drug-likeness (QED) is 0.743. The molecule has 2 aliphatic carbocycles. The van der Waals surface area contributed by atoms with Gasteiger partial charge in [-0.25, -0.2) is 9.59 Å². The normalized spacial score (nSPS) is 28.4. The van der Waals surface area contributed by atoms with E-state index in [1.165, 1.54) is 0 Å². The lowest BCUT2D eigenvalue weighted by molar-refractivity contribution is -0.146. The van der Waals surface area contributed by atoms with Gasteiger partial charge in [-0.1, -0.05) is 6.92 Å². The molecule has 2 bridgehead atoms. The first-order valence-corrected chi connectivity index (χ1v) is 7.47. The molecule has 112 valence electrons. The molecular formula is C16H24O4. The SMILES string of the molecule is CC(C)OC(=O)C1=C(C(=O)OC(C)C)C2CC1CC2C. The topological polar surface area (TPSA) is 52.6 Å². The Balaban J connectivity index is 2.31. The first-order chi connectivity index (χ1) is 9.31. The molecule has 0 heterocycles. The average molecular weight is 280 g/mol. The van der Waals surface area contributed by atoms with Crippen LogP contribution in [0.2, 0.25) is 0 Å². The number of hydrogen-bond donors (Lipinski definition) is 0. The Morgan fingerprint density at radius 1 is 0.950 bits per heavy atom. The van der Waals surface area contributed by atoms with Gasteiger partial charge in [-0.3, -0.25) is 0 Å². The molecule has 3 unspecified atom stereocenters. The molecule has 0 aromatic carbocycles. The number of carbonyl (C=O) groups is 2. The third-order valence-electron chi connectivity index (χ3n) is 4.08. The van der Waals surface area contributed by atoms with Crippen LogP contribution in [0.3, 0.4) is 0 Å². The second-order valence-electron chi connectivity index (χ2n) is 6.49. The smallest absolute Gasteiger partial charge is 0.335 e. The van der Waals surface area contributed by atoms with Gasteiger partial charge in [0.1, 0.15) is 0 Å². The Morgan fingerprint density at radius 3 is 1.95 bits per heavy atom. The van der Waals surface area contributed by atoms with Crippen molar-refractivity contribution in [2.45, 2.75) is 59.7 Å². The maximum Gasteiger partial charge on any atom is 0.335 e. The molecule has 0 aromatic rings. The summed E-state index contributed by atoms with van der Waals surface area (Å²) < 4.78 is 10.6. The zero-order valence-electron chi connectivity index (χ0n) is 12.9. The molecule has 0 aromatic heterocycles. The van der Waals surface area contributed by atoms with Crippen LogP contribution in [0, 0.1) is 17.8 Å². The fourth-order valence-electron chi connectivity index (χ4n) is 3.40. The van der Waals surface area contributed by atoms with Gasteiger partial charge in [-0.2, -0.15) is 0 Å². The van der Waals surface area contributed by atoms with Crippen molar-refractivity contribution in [3.05, 3.63) is 11.1 Å². The third-order valence-corrected chi connectivity index (χ3v) is 4.08. The summed E-state index contributed by atoms with van der Waals surface area (Å²) in [5.74, 6) is 0.0760. The number of ether oxygens (including phenoxy) is 2. The van der Waals surface area contributed by atoms with Crippen molar-refractivity contribution in [2.75, 3.05) is 0 Å². The van der Waals surface area contributed by atoms with Gasteiger partial charge in [-0.05, 0) is 58.3 Å². The van der Waals surface area contributed by atoms with Crippen LogP contribution < -0.4 is 0 Å². The van der Waals surface area contributed by atoms with Crippen molar-refractivity contribution in [3.8, 4) is 0 Å². The van der Waals surface area contributed by atoms with Crippen LogP contribution in [0.4, 0.5) is 0 Å². The van der Waals surface area contributed by atoms with Crippen LogP contribution >= 0.6 is 0 Å². The van der Waals surface area contributed by atoms with Crippen LogP contribution in [0.15, 0.2) is 11.1 Å². The van der Waals surface area contributed by atoms with Gasteiger partial charge in [0.15, 0.2) is 0 Å². The molecule has 0 saturated heterocycles. The zero-order chi connectivity index (χ0) is 15.0. The highest BCUT2D eigenvalue weighted by atomic mass is 16.5. The zero-order valence-corrected chi connectivity index (χ0v) is 12.9. The van der Waals surface area contributed by atoms with E-state index in [0.29, 0.717) is 17.1 Å². The van der Waals surface area contributed by atoms with E-state index in [2.05, 4.69) is 6.92 Å². The summed E-state index contributed by atoms with van der Waals surface area (Å²) in [6.07, 6.45) is 1.50. The van der Waals surface area contributed by atoms with Crippen molar-refractivity contribution < 1.29 is 19.1 Å². The van der Waals surface area contributed by atoms with Crippen LogP contribution in [0.1, 0.15) is 47.5 Å². The molecule has 4 heteroatoms. The van der Waals surface area contributed by atoms with E-state index in [4.69, 9.17) is 9.47 Å². The predicted octanol–water partition coefficient (Wildman–Crippen LogP) is 2.86. The fourth-order valence-corrected chi connectivity index (χ4v) is 3.40. The van der Waals surface area contributed by atoms with Gasteiger partial charge >= 0.3 is 11.9 Å². The number of carbonyl (C=O) groups excluding carboxylic acids is 2. The number of fused-ring (bicyclic) bond motifs is 2. The van der Waals surface area contributed by atoms with Crippen molar-refractivity contribution in [1.82, 2.24) is 0 Å². The molecule has 0 radical (unpaired) electrons. The van der Waals surface area contributed by atoms with Gasteiger partial charge in [0.2, 0.25) is 0 Å². The van der Waals surface area contributed by atoms with Gasteiger partial charge in [0, 0.05) is 0 Å². The minimum absolute atomic E-state index is 0.154. The molecule has 0 aliphatic heterocycles. The minimum atomic E-state index is -0.338. The van der Waals surface area contributed by atoms with E-state index in [1.54, 1.807) is 0 Å². The number of esters is 2. The molecular weight excluding hydrogens is 256 g/mol. The average Bonchev–Trinajstić information content (AvgIpc) is 2.82. The third kappa shape index (κ3) is 2.74. The Morgan fingerprint density at radius 2 is 1.45 bits per heavy atom. The van der Waals surface area contributed by atoms with Crippen molar-refractivity contribution in [2.24, 2.45) is 17.8 Å². The largest absolute Gasteiger partial charge is 0.460 e. The lowest BCUT2D eigenvalue weighted by Crippen LogP contribution is -2.26. The van der Waals surface area contributed by atoms with Crippen molar-refractivity contribution >= 4 is 11.9 Å². The summed E-state index contributed by atoms with van der Waals surface area (Å²) in [6, 6.07) is 0. The fraction of sp³-hybridized carbons (Fsp3) is 0.750. The summed E-state index contributed by atoms with van der Waals surface area (Å²) in [5, 5.41) is 0. The first kappa shape index (κ1) is 15.1. The van der Waals surface area contributed by atoms with E-state index in [9.17, 15) is 9.59 Å². The summed E-state index contributed by atoms with van der Waals surface area (Å²) in [6.45, 7) is 9.42. The van der Waals surface area contributed by atoms with Crippen LogP contribution in [0.25, 0.3) is 0 Å². The Bertz CT molecular complexity index is 447. The molecule has 1 fully saturated rings. The summed E-state index contributed by atoms with van der Waals surface area (Å²) in [5.41, 5.74) is 1.15. The number of rotatable bonds is 4. The standard InChI is InChI=1S/C16H24O4/c1-8(2)19-15(17)13-11-6-10(5)12(7-11)14(13)16(18)20-9(3)4/h8-12H,6-7H2,1-5H3. The summed E-state index contributed by atoms with van der Waals surface area (Å²) in [4.78, 5) is 24.6. The summed E-state index contributed by atoms with van der Waals surface area (Å²) in [7, 11) is 0. The first-order valence-electron chi connectivity index (χ1n) is 7.47. The Hall–Kier alpha value is -1.32. The van der Waals surface area contributed by atoms with E-state index in [1.807, 2.05) is 27.7 Å². The van der Waals surface area contributed by atoms with Crippen LogP contribution in [-0.2, 0) is 19.1 Å². The highest BCUT2D eigenvalue weighted by Gasteiger charge is 2.49. The molecule has 0 N–H and O–H groups in total. The van der Waals surface area contributed by atoms with Crippen molar-refractivity contribution in [1.29, 1.82) is 0 Å². The predicted molar refractivity (Wildman–Crippen MR) is 74.9 cm³/mol. The van der Waals surface area contributed by atoms with E-state index in [0.717, 1.165) is 12.8 Å². The molecule has 0 amide bonds.